The van der Waals surface area contributed by atoms with Crippen molar-refractivity contribution in [2.45, 2.75) is 70.8 Å². The summed E-state index contributed by atoms with van der Waals surface area (Å²) >= 11 is 0. The van der Waals surface area contributed by atoms with Crippen LogP contribution >= 0.6 is 0 Å². The fourth-order valence-corrected chi connectivity index (χ4v) is 2.73. The standard InChI is InChI=1S/C17H30N4O6/c1-8(2)12(17(26)27)20-16(25)13(10(4)22)21-14(23)9(3)19-15(24)11-6-5-7-18-11/h8-13,18,22H,5-7H2,1-4H3,(H,19,24)(H,20,25)(H,21,23)(H,26,27). The van der Waals surface area contributed by atoms with Crippen molar-refractivity contribution in [3.05, 3.63) is 0 Å². The number of hydrogen-bond donors (Lipinski definition) is 6. The van der Waals surface area contributed by atoms with Gasteiger partial charge in [-0.15, -0.1) is 0 Å². The third-order valence-corrected chi connectivity index (χ3v) is 4.42. The highest BCUT2D eigenvalue weighted by molar-refractivity contribution is 5.94. The van der Waals surface area contributed by atoms with Crippen molar-refractivity contribution in [1.29, 1.82) is 0 Å². The number of carbonyl (C=O) groups excluding carboxylic acids is 3. The van der Waals surface area contributed by atoms with Crippen LogP contribution in [0.15, 0.2) is 0 Å². The third kappa shape index (κ3) is 6.79. The molecule has 0 radical (unpaired) electrons. The zero-order valence-corrected chi connectivity index (χ0v) is 16.1. The van der Waals surface area contributed by atoms with Crippen LogP contribution in [0.5, 0.6) is 0 Å². The summed E-state index contributed by atoms with van der Waals surface area (Å²) in [7, 11) is 0. The normalized spacial score (nSPS) is 21.0. The number of amides is 3. The summed E-state index contributed by atoms with van der Waals surface area (Å²) in [6.45, 7) is 6.77. The number of aliphatic hydroxyl groups is 1. The lowest BCUT2D eigenvalue weighted by Gasteiger charge is -2.26. The van der Waals surface area contributed by atoms with Crippen molar-refractivity contribution in [3.8, 4) is 0 Å². The number of nitrogens with one attached hydrogen (secondary N) is 4. The van der Waals surface area contributed by atoms with Gasteiger partial charge >= 0.3 is 5.97 Å². The Bertz CT molecular complexity index is 560. The Morgan fingerprint density at radius 2 is 1.56 bits per heavy atom. The average molecular weight is 386 g/mol. The van der Waals surface area contributed by atoms with E-state index in [2.05, 4.69) is 21.3 Å². The second kappa shape index (κ2) is 10.2. The molecule has 0 aromatic heterocycles. The summed E-state index contributed by atoms with van der Waals surface area (Å²) < 4.78 is 0. The molecule has 10 heteroatoms. The first-order valence-electron chi connectivity index (χ1n) is 9.10. The molecular formula is C17H30N4O6. The molecule has 154 valence electrons. The van der Waals surface area contributed by atoms with Gasteiger partial charge < -0.3 is 31.5 Å². The van der Waals surface area contributed by atoms with Gasteiger partial charge in [-0.1, -0.05) is 13.8 Å². The lowest BCUT2D eigenvalue weighted by Crippen LogP contribution is -2.59. The maximum Gasteiger partial charge on any atom is 0.326 e. The Morgan fingerprint density at radius 1 is 0.963 bits per heavy atom. The molecule has 0 aromatic rings. The van der Waals surface area contributed by atoms with E-state index in [9.17, 15) is 24.3 Å². The summed E-state index contributed by atoms with van der Waals surface area (Å²) in [6.07, 6.45) is 0.309. The molecule has 0 bridgehead atoms. The second-order valence-electron chi connectivity index (χ2n) is 7.17. The molecule has 1 saturated heterocycles. The minimum atomic E-state index is -1.35. The number of carbonyl (C=O) groups is 4. The molecular weight excluding hydrogens is 356 g/mol. The van der Waals surface area contributed by atoms with Crippen molar-refractivity contribution in [3.63, 3.8) is 0 Å². The van der Waals surface area contributed by atoms with E-state index in [1.165, 1.54) is 13.8 Å². The Balaban J connectivity index is 2.68. The maximum atomic E-state index is 12.3. The molecule has 10 nitrogen and oxygen atoms in total. The molecule has 1 heterocycles. The molecule has 6 N–H and O–H groups in total. The maximum absolute atomic E-state index is 12.3. The highest BCUT2D eigenvalue weighted by Crippen LogP contribution is 2.06. The number of aliphatic carboxylic acids is 1. The number of aliphatic hydroxyl groups excluding tert-OH is 1. The van der Waals surface area contributed by atoms with E-state index in [-0.39, 0.29) is 17.9 Å². The van der Waals surface area contributed by atoms with Gasteiger partial charge in [-0.05, 0) is 39.2 Å². The van der Waals surface area contributed by atoms with E-state index in [0.717, 1.165) is 13.0 Å². The Labute approximate surface area is 158 Å². The lowest BCUT2D eigenvalue weighted by molar-refractivity contribution is -0.144. The van der Waals surface area contributed by atoms with Crippen molar-refractivity contribution < 1.29 is 29.4 Å². The van der Waals surface area contributed by atoms with Crippen LogP contribution in [-0.2, 0) is 19.2 Å². The number of hydrogen-bond acceptors (Lipinski definition) is 6. The SMILES string of the molecule is CC(NC(=O)C1CCCN1)C(=O)NC(C(=O)NC(C(=O)O)C(C)C)C(C)O. The molecule has 0 aliphatic carbocycles. The quantitative estimate of drug-likeness (QED) is 0.277. The highest BCUT2D eigenvalue weighted by atomic mass is 16.4. The van der Waals surface area contributed by atoms with Gasteiger partial charge in [0.15, 0.2) is 0 Å². The number of carboxylic acid groups (broad SMARTS) is 1. The lowest BCUT2D eigenvalue weighted by atomic mass is 10.0. The molecule has 1 fully saturated rings. The van der Waals surface area contributed by atoms with Crippen LogP contribution < -0.4 is 21.3 Å². The van der Waals surface area contributed by atoms with Gasteiger partial charge in [-0.25, -0.2) is 4.79 Å². The molecule has 1 rings (SSSR count). The van der Waals surface area contributed by atoms with Crippen molar-refractivity contribution >= 4 is 23.7 Å². The Hall–Kier alpha value is -2.20. The van der Waals surface area contributed by atoms with Gasteiger partial charge in [0.2, 0.25) is 17.7 Å². The van der Waals surface area contributed by atoms with E-state index >= 15 is 0 Å². The first kappa shape index (κ1) is 22.8. The van der Waals surface area contributed by atoms with Gasteiger partial charge in [0.05, 0.1) is 12.1 Å². The molecule has 27 heavy (non-hydrogen) atoms. The Morgan fingerprint density at radius 3 is 2.00 bits per heavy atom. The van der Waals surface area contributed by atoms with Gasteiger partial charge in [0.25, 0.3) is 0 Å². The summed E-state index contributed by atoms with van der Waals surface area (Å²) in [6, 6.07) is -3.77. The van der Waals surface area contributed by atoms with E-state index < -0.39 is 42.0 Å². The molecule has 5 atom stereocenters. The van der Waals surface area contributed by atoms with Crippen molar-refractivity contribution in [1.82, 2.24) is 21.3 Å². The van der Waals surface area contributed by atoms with Gasteiger partial charge in [-0.3, -0.25) is 14.4 Å². The summed E-state index contributed by atoms with van der Waals surface area (Å²) in [4.78, 5) is 47.9. The zero-order chi connectivity index (χ0) is 20.7. The van der Waals surface area contributed by atoms with Crippen molar-refractivity contribution in [2.24, 2.45) is 5.92 Å². The van der Waals surface area contributed by atoms with Crippen LogP contribution in [0.3, 0.4) is 0 Å². The molecule has 5 unspecified atom stereocenters. The minimum Gasteiger partial charge on any atom is -0.480 e. The molecule has 1 aliphatic heterocycles. The van der Waals surface area contributed by atoms with Crippen molar-refractivity contribution in [2.75, 3.05) is 6.54 Å². The van der Waals surface area contributed by atoms with Crippen LogP contribution in [0.2, 0.25) is 0 Å². The molecule has 0 saturated carbocycles. The van der Waals surface area contributed by atoms with Gasteiger partial charge in [0, 0.05) is 0 Å². The first-order chi connectivity index (χ1) is 12.5. The highest BCUT2D eigenvalue weighted by Gasteiger charge is 2.32. The van der Waals surface area contributed by atoms with E-state index in [0.29, 0.717) is 6.42 Å². The van der Waals surface area contributed by atoms with Crippen LogP contribution in [0.4, 0.5) is 0 Å². The third-order valence-electron chi connectivity index (χ3n) is 4.42. The molecule has 3 amide bonds. The summed E-state index contributed by atoms with van der Waals surface area (Å²) in [5, 5.41) is 29.3. The van der Waals surface area contributed by atoms with E-state index in [1.54, 1.807) is 13.8 Å². The number of carboxylic acids is 1. The van der Waals surface area contributed by atoms with E-state index in [4.69, 9.17) is 5.11 Å². The van der Waals surface area contributed by atoms with E-state index in [1.807, 2.05) is 0 Å². The van der Waals surface area contributed by atoms with Crippen LogP contribution in [0.25, 0.3) is 0 Å². The fraction of sp³-hybridized carbons (Fsp3) is 0.765. The molecule has 0 spiro atoms. The average Bonchev–Trinajstić information content (AvgIpc) is 3.10. The van der Waals surface area contributed by atoms with Gasteiger partial charge in [0.1, 0.15) is 18.1 Å². The van der Waals surface area contributed by atoms with Crippen LogP contribution in [-0.4, -0.2) is 70.7 Å². The summed E-state index contributed by atoms with van der Waals surface area (Å²) in [5.41, 5.74) is 0. The second-order valence-corrected chi connectivity index (χ2v) is 7.17. The zero-order valence-electron chi connectivity index (χ0n) is 16.1. The van der Waals surface area contributed by atoms with Crippen LogP contribution in [0.1, 0.15) is 40.5 Å². The monoisotopic (exact) mass is 386 g/mol. The number of rotatable bonds is 9. The Kier molecular flexibility index (Phi) is 8.64. The minimum absolute atomic E-state index is 0.307. The predicted molar refractivity (Wildman–Crippen MR) is 96.6 cm³/mol. The molecule has 0 aromatic carbocycles. The predicted octanol–water partition coefficient (Wildman–Crippen LogP) is -1.67. The van der Waals surface area contributed by atoms with Gasteiger partial charge in [-0.2, -0.15) is 0 Å². The van der Waals surface area contributed by atoms with Crippen LogP contribution in [0, 0.1) is 5.92 Å². The first-order valence-corrected chi connectivity index (χ1v) is 9.10. The largest absolute Gasteiger partial charge is 0.480 e. The topological polar surface area (TPSA) is 157 Å². The fourth-order valence-electron chi connectivity index (χ4n) is 2.73. The molecule has 1 aliphatic rings. The smallest absolute Gasteiger partial charge is 0.326 e. The summed E-state index contributed by atoms with van der Waals surface area (Å²) in [5.74, 6) is -3.36.